The Labute approximate surface area is 206 Å². The third kappa shape index (κ3) is 6.16. The van der Waals surface area contributed by atoms with Crippen molar-refractivity contribution in [1.29, 1.82) is 0 Å². The third-order valence-electron chi connectivity index (χ3n) is 5.89. The van der Waals surface area contributed by atoms with E-state index in [0.717, 1.165) is 41.2 Å². The zero-order valence-corrected chi connectivity index (χ0v) is 21.9. The smallest absolute Gasteiger partial charge is 0.233 e. The van der Waals surface area contributed by atoms with Crippen LogP contribution in [0.4, 0.5) is 5.13 Å². The molecule has 0 N–H and O–H groups in total. The summed E-state index contributed by atoms with van der Waals surface area (Å²) in [5, 5.41) is 0.670. The molecule has 0 atom stereocenters. The molecule has 2 aromatic carbocycles. The minimum Gasteiger partial charge on any atom is -0.495 e. The first-order valence-electron chi connectivity index (χ1n) is 11.0. The van der Waals surface area contributed by atoms with Gasteiger partial charge in [0.25, 0.3) is 0 Å². The van der Waals surface area contributed by atoms with Gasteiger partial charge in [0, 0.05) is 13.1 Å². The van der Waals surface area contributed by atoms with Crippen molar-refractivity contribution in [1.82, 2.24) is 9.88 Å². The first kappa shape index (κ1) is 26.9. The summed E-state index contributed by atoms with van der Waals surface area (Å²) in [6.45, 7) is 11.7. The second-order valence-electron chi connectivity index (χ2n) is 7.81. The van der Waals surface area contributed by atoms with E-state index in [1.165, 1.54) is 22.5 Å². The van der Waals surface area contributed by atoms with E-state index in [2.05, 4.69) is 44.7 Å². The number of likely N-dealkylation sites (N-methyl/N-ethyl adjacent to an activating group) is 1. The van der Waals surface area contributed by atoms with E-state index >= 15 is 0 Å². The third-order valence-corrected chi connectivity index (χ3v) is 6.98. The Morgan fingerprint density at radius 1 is 0.970 bits per heavy atom. The monoisotopic (exact) mass is 491 g/mol. The number of fused-ring (bicyclic) bond motifs is 1. The number of hydrogen-bond donors (Lipinski definition) is 0. The van der Waals surface area contributed by atoms with Gasteiger partial charge in [-0.1, -0.05) is 43.4 Å². The number of halogens is 1. The van der Waals surface area contributed by atoms with Crippen LogP contribution in [0.3, 0.4) is 0 Å². The van der Waals surface area contributed by atoms with E-state index in [1.807, 2.05) is 23.1 Å². The number of ether oxygens (including phenoxy) is 2. The minimum absolute atomic E-state index is 0. The summed E-state index contributed by atoms with van der Waals surface area (Å²) in [4.78, 5) is 22.4. The summed E-state index contributed by atoms with van der Waals surface area (Å²) in [6, 6.07) is 9.93. The Morgan fingerprint density at radius 3 is 2.24 bits per heavy atom. The number of thiazole rings is 1. The molecule has 6 nitrogen and oxygen atoms in total. The van der Waals surface area contributed by atoms with Crippen molar-refractivity contribution >= 4 is 45.0 Å². The molecular weight excluding hydrogens is 458 g/mol. The van der Waals surface area contributed by atoms with Crippen LogP contribution in [0.15, 0.2) is 30.3 Å². The van der Waals surface area contributed by atoms with Crippen molar-refractivity contribution in [3.8, 4) is 11.5 Å². The van der Waals surface area contributed by atoms with Gasteiger partial charge in [0.15, 0.2) is 5.13 Å². The molecule has 0 saturated heterocycles. The van der Waals surface area contributed by atoms with Crippen LogP contribution in [-0.4, -0.2) is 56.2 Å². The second-order valence-corrected chi connectivity index (χ2v) is 8.79. The number of rotatable bonds is 10. The maximum atomic E-state index is 13.5. The lowest BCUT2D eigenvalue weighted by atomic mass is 10.0. The van der Waals surface area contributed by atoms with Gasteiger partial charge in [0.1, 0.15) is 21.7 Å². The molecule has 3 rings (SSSR count). The zero-order valence-electron chi connectivity index (χ0n) is 20.3. The van der Waals surface area contributed by atoms with Gasteiger partial charge in [-0.25, -0.2) is 4.98 Å². The summed E-state index contributed by atoms with van der Waals surface area (Å²) >= 11 is 1.47. The standard InChI is InChI=1S/C25H33N3O3S.ClH/c1-7-27(8-2)13-14-28(22(29)16-19-10-9-17(3)18(4)15-19)25-26-23-20(30-5)11-12-21(31-6)24(23)32-25;/h9-12,15H,7-8,13-14,16H2,1-6H3;1H. The lowest BCUT2D eigenvalue weighted by molar-refractivity contribution is -0.118. The quantitative estimate of drug-likeness (QED) is 0.386. The number of carbonyl (C=O) groups excluding carboxylic acids is 1. The highest BCUT2D eigenvalue weighted by Gasteiger charge is 2.23. The number of nitrogens with zero attached hydrogens (tertiary/aromatic N) is 3. The number of hydrogen-bond acceptors (Lipinski definition) is 6. The van der Waals surface area contributed by atoms with E-state index < -0.39 is 0 Å². The molecule has 0 aliphatic carbocycles. The molecular formula is C25H34ClN3O3S. The highest BCUT2D eigenvalue weighted by Crippen LogP contribution is 2.40. The molecule has 1 heterocycles. The van der Waals surface area contributed by atoms with E-state index in [-0.39, 0.29) is 18.3 Å². The van der Waals surface area contributed by atoms with Crippen molar-refractivity contribution < 1.29 is 14.3 Å². The topological polar surface area (TPSA) is 54.9 Å². The SMILES string of the molecule is CCN(CC)CCN(C(=O)Cc1ccc(C)c(C)c1)c1nc2c(OC)ccc(OC)c2s1.Cl. The van der Waals surface area contributed by atoms with Crippen LogP contribution in [0.25, 0.3) is 10.2 Å². The van der Waals surface area contributed by atoms with Gasteiger partial charge in [-0.05, 0) is 55.8 Å². The minimum atomic E-state index is 0. The molecule has 8 heteroatoms. The highest BCUT2D eigenvalue weighted by atomic mass is 35.5. The Hall–Kier alpha value is -2.35. The molecule has 1 aromatic heterocycles. The molecule has 0 unspecified atom stereocenters. The van der Waals surface area contributed by atoms with Crippen molar-refractivity contribution in [2.24, 2.45) is 0 Å². The average molecular weight is 492 g/mol. The van der Waals surface area contributed by atoms with Crippen molar-refractivity contribution in [2.45, 2.75) is 34.1 Å². The van der Waals surface area contributed by atoms with Crippen LogP contribution < -0.4 is 14.4 Å². The fraction of sp³-hybridized carbons (Fsp3) is 0.440. The van der Waals surface area contributed by atoms with E-state index in [4.69, 9.17) is 14.5 Å². The Kier molecular flexibility index (Phi) is 9.95. The molecule has 0 bridgehead atoms. The van der Waals surface area contributed by atoms with E-state index in [9.17, 15) is 4.79 Å². The highest BCUT2D eigenvalue weighted by molar-refractivity contribution is 7.22. The number of methoxy groups -OCH3 is 2. The number of anilines is 1. The van der Waals surface area contributed by atoms with Crippen LogP contribution in [-0.2, 0) is 11.2 Å². The van der Waals surface area contributed by atoms with Gasteiger partial charge < -0.3 is 14.4 Å². The molecule has 0 spiro atoms. The van der Waals surface area contributed by atoms with Gasteiger partial charge in [-0.15, -0.1) is 12.4 Å². The van der Waals surface area contributed by atoms with E-state index in [0.29, 0.717) is 23.8 Å². The van der Waals surface area contributed by atoms with Crippen molar-refractivity contribution in [3.63, 3.8) is 0 Å². The predicted octanol–water partition coefficient (Wildman–Crippen LogP) is 5.27. The van der Waals surface area contributed by atoms with Gasteiger partial charge in [-0.2, -0.15) is 0 Å². The fourth-order valence-electron chi connectivity index (χ4n) is 3.68. The summed E-state index contributed by atoms with van der Waals surface area (Å²) in [5.74, 6) is 1.45. The lowest BCUT2D eigenvalue weighted by Gasteiger charge is -2.25. The van der Waals surface area contributed by atoms with E-state index in [1.54, 1.807) is 14.2 Å². The molecule has 0 saturated carbocycles. The van der Waals surface area contributed by atoms with Crippen molar-refractivity contribution in [3.05, 3.63) is 47.0 Å². The van der Waals surface area contributed by atoms with Gasteiger partial charge >= 0.3 is 0 Å². The number of benzene rings is 2. The number of carbonyl (C=O) groups is 1. The lowest BCUT2D eigenvalue weighted by Crippen LogP contribution is -2.39. The summed E-state index contributed by atoms with van der Waals surface area (Å²) in [7, 11) is 3.27. The molecule has 3 aromatic rings. The largest absolute Gasteiger partial charge is 0.495 e. The molecule has 0 radical (unpaired) electrons. The Morgan fingerprint density at radius 2 is 1.64 bits per heavy atom. The second kappa shape index (κ2) is 12.2. The normalized spacial score (nSPS) is 10.9. The summed E-state index contributed by atoms with van der Waals surface area (Å²) < 4.78 is 11.9. The van der Waals surface area contributed by atoms with Crippen LogP contribution in [0.1, 0.15) is 30.5 Å². The molecule has 1 amide bonds. The first-order valence-corrected chi connectivity index (χ1v) is 11.8. The molecule has 33 heavy (non-hydrogen) atoms. The van der Waals surface area contributed by atoms with Gasteiger partial charge in [-0.3, -0.25) is 9.69 Å². The average Bonchev–Trinajstić information content (AvgIpc) is 3.23. The van der Waals surface area contributed by atoms with Crippen LogP contribution in [0.5, 0.6) is 11.5 Å². The Balaban J connectivity index is 0.00000385. The molecule has 0 fully saturated rings. The maximum absolute atomic E-state index is 13.5. The van der Waals surface area contributed by atoms with Crippen LogP contribution in [0, 0.1) is 13.8 Å². The maximum Gasteiger partial charge on any atom is 0.233 e. The summed E-state index contributed by atoms with van der Waals surface area (Å²) in [5.41, 5.74) is 4.16. The molecule has 0 aliphatic heterocycles. The molecule has 0 aliphatic rings. The zero-order chi connectivity index (χ0) is 23.3. The number of aromatic nitrogens is 1. The number of amides is 1. The first-order chi connectivity index (χ1) is 15.4. The Bertz CT molecular complexity index is 1040. The number of aryl methyl sites for hydroxylation is 2. The summed E-state index contributed by atoms with van der Waals surface area (Å²) in [6.07, 6.45) is 0.337. The van der Waals surface area contributed by atoms with Gasteiger partial charge in [0.2, 0.25) is 5.91 Å². The van der Waals surface area contributed by atoms with Crippen LogP contribution in [0.2, 0.25) is 0 Å². The van der Waals surface area contributed by atoms with Crippen molar-refractivity contribution in [2.75, 3.05) is 45.3 Å². The molecule has 180 valence electrons. The predicted molar refractivity (Wildman–Crippen MR) is 140 cm³/mol. The fourth-order valence-corrected chi connectivity index (χ4v) is 4.80. The van der Waals surface area contributed by atoms with Crippen LogP contribution >= 0.6 is 23.7 Å². The van der Waals surface area contributed by atoms with Gasteiger partial charge in [0.05, 0.1) is 20.6 Å².